The number of hydrazine groups is 1. The predicted molar refractivity (Wildman–Crippen MR) is 162 cm³/mol. The first-order chi connectivity index (χ1) is 20.1. The Labute approximate surface area is 248 Å². The molecule has 0 aromatic heterocycles. The fourth-order valence-electron chi connectivity index (χ4n) is 5.29. The van der Waals surface area contributed by atoms with Gasteiger partial charge in [-0.15, -0.1) is 0 Å². The normalized spacial score (nSPS) is 18.4. The van der Waals surface area contributed by atoms with Gasteiger partial charge < -0.3 is 14.2 Å². The number of fused-ring (bicyclic) bond motifs is 1. The van der Waals surface area contributed by atoms with Crippen molar-refractivity contribution in [2.45, 2.75) is 84.6 Å². The van der Waals surface area contributed by atoms with E-state index in [9.17, 15) is 14.4 Å². The maximum atomic E-state index is 13.9. The zero-order valence-electron chi connectivity index (χ0n) is 25.0. The van der Waals surface area contributed by atoms with Gasteiger partial charge in [0.1, 0.15) is 11.8 Å². The molecule has 1 aliphatic carbocycles. The van der Waals surface area contributed by atoms with Crippen LogP contribution in [0.4, 0.5) is 9.59 Å². The molecule has 0 fully saturated rings. The second-order valence-corrected chi connectivity index (χ2v) is 11.0. The molecule has 2 atom stereocenters. The number of ether oxygens (including phenoxy) is 3. The molecule has 0 spiro atoms. The van der Waals surface area contributed by atoms with Crippen molar-refractivity contribution in [1.82, 2.24) is 10.0 Å². The molecule has 0 radical (unpaired) electrons. The van der Waals surface area contributed by atoms with E-state index in [1.54, 1.807) is 58.0 Å². The van der Waals surface area contributed by atoms with Crippen LogP contribution in [0.3, 0.4) is 0 Å². The largest absolute Gasteiger partial charge is 0.445 e. The van der Waals surface area contributed by atoms with Crippen molar-refractivity contribution in [3.8, 4) is 0 Å². The molecule has 2 aliphatic rings. The Bertz CT molecular complexity index is 1360. The lowest BCUT2D eigenvalue weighted by atomic mass is 9.82. The van der Waals surface area contributed by atoms with Crippen LogP contribution >= 0.6 is 0 Å². The molecule has 2 amide bonds. The van der Waals surface area contributed by atoms with Crippen LogP contribution in [0.15, 0.2) is 78.6 Å². The summed E-state index contributed by atoms with van der Waals surface area (Å²) in [5.41, 5.74) is 3.75. The highest BCUT2D eigenvalue weighted by atomic mass is 16.6. The molecule has 1 aliphatic heterocycles. The van der Waals surface area contributed by atoms with Gasteiger partial charge >= 0.3 is 18.2 Å². The van der Waals surface area contributed by atoms with Gasteiger partial charge in [-0.2, -0.15) is 5.01 Å². The Hall–Kier alpha value is -4.33. The molecule has 2 aromatic carbocycles. The molecule has 8 heteroatoms. The van der Waals surface area contributed by atoms with Crippen molar-refractivity contribution < 1.29 is 28.6 Å². The number of rotatable bonds is 8. The molecule has 0 saturated carbocycles. The molecule has 0 N–H and O–H groups in total. The van der Waals surface area contributed by atoms with Gasteiger partial charge in [0, 0.05) is 5.57 Å². The summed E-state index contributed by atoms with van der Waals surface area (Å²) in [5.74, 6) is -0.283. The van der Waals surface area contributed by atoms with Crippen LogP contribution in [0.5, 0.6) is 0 Å². The minimum Gasteiger partial charge on any atom is -0.445 e. The van der Waals surface area contributed by atoms with Crippen LogP contribution in [0.1, 0.15) is 81.8 Å². The van der Waals surface area contributed by atoms with Crippen LogP contribution in [-0.4, -0.2) is 52.5 Å². The van der Waals surface area contributed by atoms with Crippen LogP contribution in [0, 0.1) is 0 Å². The fraction of sp³-hybridized carbons (Fsp3) is 0.382. The van der Waals surface area contributed by atoms with E-state index in [2.05, 4.69) is 6.58 Å². The molecule has 42 heavy (non-hydrogen) atoms. The van der Waals surface area contributed by atoms with Gasteiger partial charge in [-0.1, -0.05) is 74.5 Å². The maximum absolute atomic E-state index is 13.9. The van der Waals surface area contributed by atoms with E-state index in [-0.39, 0.29) is 5.76 Å². The van der Waals surface area contributed by atoms with Gasteiger partial charge in [-0.25, -0.2) is 19.4 Å². The minimum absolute atomic E-state index is 0.287. The summed E-state index contributed by atoms with van der Waals surface area (Å²) in [6.45, 7) is 12.8. The van der Waals surface area contributed by atoms with Crippen LogP contribution in [0.2, 0.25) is 0 Å². The number of allylic oxidation sites excluding steroid dienone is 1. The van der Waals surface area contributed by atoms with Crippen molar-refractivity contribution in [3.63, 3.8) is 0 Å². The van der Waals surface area contributed by atoms with Crippen molar-refractivity contribution >= 4 is 29.8 Å². The third-order valence-electron chi connectivity index (χ3n) is 7.10. The molecular weight excluding hydrogens is 532 g/mol. The molecule has 222 valence electrons. The summed E-state index contributed by atoms with van der Waals surface area (Å²) in [4.78, 5) is 41.1. The van der Waals surface area contributed by atoms with E-state index < -0.39 is 42.4 Å². The number of hydrogen-bond acceptors (Lipinski definition) is 6. The van der Waals surface area contributed by atoms with Crippen molar-refractivity contribution in [2.75, 3.05) is 0 Å². The number of nitrogens with zero attached hydrogens (tertiary/aromatic N) is 2. The summed E-state index contributed by atoms with van der Waals surface area (Å²) in [5, 5.41) is 2.63. The van der Waals surface area contributed by atoms with Gasteiger partial charge in [-0.05, 0) is 75.8 Å². The van der Waals surface area contributed by atoms with Gasteiger partial charge in [-0.3, -0.25) is 0 Å². The highest BCUT2D eigenvalue weighted by Gasteiger charge is 2.48. The average molecular weight is 573 g/mol. The number of amides is 2. The third-order valence-corrected chi connectivity index (χ3v) is 7.10. The first-order valence-corrected chi connectivity index (χ1v) is 14.6. The number of esters is 1. The Kier molecular flexibility index (Phi) is 9.88. The Morgan fingerprint density at radius 2 is 1.52 bits per heavy atom. The number of benzene rings is 2. The topological polar surface area (TPSA) is 85.4 Å². The minimum atomic E-state index is -0.885. The second kappa shape index (κ2) is 13.6. The third kappa shape index (κ3) is 6.75. The molecule has 4 rings (SSSR count). The van der Waals surface area contributed by atoms with E-state index in [0.717, 1.165) is 28.7 Å². The smallest absolute Gasteiger partial charge is 0.430 e. The Morgan fingerprint density at radius 3 is 2.10 bits per heavy atom. The van der Waals surface area contributed by atoms with E-state index in [1.807, 2.05) is 43.3 Å². The predicted octanol–water partition coefficient (Wildman–Crippen LogP) is 7.78. The van der Waals surface area contributed by atoms with Crippen molar-refractivity contribution in [1.29, 1.82) is 0 Å². The van der Waals surface area contributed by atoms with Gasteiger partial charge in [0.15, 0.2) is 0 Å². The summed E-state index contributed by atoms with van der Waals surface area (Å²) in [7, 11) is 0. The molecule has 1 heterocycles. The molecule has 8 nitrogen and oxygen atoms in total. The summed E-state index contributed by atoms with van der Waals surface area (Å²) in [6, 6.07) is 15.2. The SMILES string of the molecule is C=Cc1ccc(C(=O)OC2=C(c3ccccc3)CCC3=C[C@H](CCC)N(C(=O)OC(C)C)N(C(=O)OC(C)C)[C@@H]32)cc1. The lowest BCUT2D eigenvalue weighted by molar-refractivity contribution is -0.0717. The molecule has 2 aromatic rings. The highest BCUT2D eigenvalue weighted by molar-refractivity contribution is 5.92. The zero-order valence-corrected chi connectivity index (χ0v) is 25.0. The van der Waals surface area contributed by atoms with Gasteiger partial charge in [0.05, 0.1) is 23.8 Å². The monoisotopic (exact) mass is 572 g/mol. The first kappa shape index (κ1) is 30.6. The molecule has 0 bridgehead atoms. The quantitative estimate of drug-likeness (QED) is 0.182. The van der Waals surface area contributed by atoms with Crippen LogP contribution in [-0.2, 0) is 14.2 Å². The lowest BCUT2D eigenvalue weighted by Gasteiger charge is -2.48. The molecule has 0 saturated heterocycles. The second-order valence-electron chi connectivity index (χ2n) is 11.0. The van der Waals surface area contributed by atoms with Crippen molar-refractivity contribution in [3.05, 3.63) is 95.3 Å². The van der Waals surface area contributed by atoms with Gasteiger partial charge in [0.2, 0.25) is 0 Å². The molecule has 0 unspecified atom stereocenters. The van der Waals surface area contributed by atoms with Crippen LogP contribution < -0.4 is 0 Å². The lowest BCUT2D eigenvalue weighted by Crippen LogP contribution is -2.63. The standard InChI is InChI=1S/C34H40N2O6/c1-7-12-28-21-27-19-20-29(25-13-10-9-11-14-25)31(42-32(37)26-17-15-24(8-2)16-18-26)30(27)36(34(39)41-23(5)6)35(28)33(38)40-22(3)4/h8-11,13-18,21-23,28,30H,2,7,12,19-20H2,1,3-6H3/t28-,30-/m0/s1. The number of carbonyl (C=O) groups excluding carboxylic acids is 3. The van der Waals surface area contributed by atoms with E-state index in [4.69, 9.17) is 14.2 Å². The molecular formula is C34H40N2O6. The highest BCUT2D eigenvalue weighted by Crippen LogP contribution is 2.43. The first-order valence-electron chi connectivity index (χ1n) is 14.6. The van der Waals surface area contributed by atoms with E-state index in [0.29, 0.717) is 24.8 Å². The summed E-state index contributed by atoms with van der Waals surface area (Å²) >= 11 is 0. The summed E-state index contributed by atoms with van der Waals surface area (Å²) < 4.78 is 17.5. The average Bonchev–Trinajstić information content (AvgIpc) is 2.96. The maximum Gasteiger partial charge on any atom is 0.430 e. The van der Waals surface area contributed by atoms with E-state index in [1.165, 1.54) is 10.0 Å². The fourth-order valence-corrected chi connectivity index (χ4v) is 5.29. The van der Waals surface area contributed by atoms with Crippen LogP contribution in [0.25, 0.3) is 11.6 Å². The van der Waals surface area contributed by atoms with Crippen molar-refractivity contribution in [2.24, 2.45) is 0 Å². The Morgan fingerprint density at radius 1 is 0.905 bits per heavy atom. The Balaban J connectivity index is 1.90. The number of carbonyl (C=O) groups is 3. The number of hydrogen-bond donors (Lipinski definition) is 0. The van der Waals surface area contributed by atoms with E-state index >= 15 is 0 Å². The zero-order chi connectivity index (χ0) is 30.4. The van der Waals surface area contributed by atoms with Gasteiger partial charge in [0.25, 0.3) is 0 Å². The summed E-state index contributed by atoms with van der Waals surface area (Å²) in [6.07, 6.45) is 4.04.